The highest BCUT2D eigenvalue weighted by Gasteiger charge is 2.17. The third kappa shape index (κ3) is 5.29. The zero-order valence-electron chi connectivity index (χ0n) is 18.3. The van der Waals surface area contributed by atoms with Gasteiger partial charge >= 0.3 is 6.03 Å². The zero-order valence-corrected chi connectivity index (χ0v) is 19.1. The van der Waals surface area contributed by atoms with Gasteiger partial charge < -0.3 is 16.0 Å². The Morgan fingerprint density at radius 2 is 2.06 bits per heavy atom. The normalized spacial score (nSPS) is 16.1. The molecular formula is C23H22ClN7O3. The maximum atomic E-state index is 12.7. The van der Waals surface area contributed by atoms with E-state index in [-0.39, 0.29) is 24.1 Å². The number of pyridine rings is 3. The number of nitrogens with two attached hydrogens (primary N) is 1. The third-order valence-corrected chi connectivity index (χ3v) is 5.74. The minimum atomic E-state index is -0.447. The standard InChI is InChI=1S/C23H22ClN7O3/c1-31-7-5-13(2-3-20(32)30-23(31)34)8-21(33)29-19-10-14-9-18(16-11-26-6-4-17(16)24)28-22(25)15(14)12-27-19/h4,6,8-12H,2-3,5,7H2,1H3,(H2,25,28)(H,27,29,33)(H,30,32,34)/b13-8+. The summed E-state index contributed by atoms with van der Waals surface area (Å²) in [6.45, 7) is 0.387. The van der Waals surface area contributed by atoms with E-state index in [1.54, 1.807) is 43.8 Å². The van der Waals surface area contributed by atoms with Crippen molar-refractivity contribution in [3.63, 3.8) is 0 Å². The Morgan fingerprint density at radius 3 is 2.85 bits per heavy atom. The number of carbonyl (C=O) groups excluding carboxylic acids is 3. The quantitative estimate of drug-likeness (QED) is 0.489. The van der Waals surface area contributed by atoms with Gasteiger partial charge in [-0.25, -0.2) is 14.8 Å². The van der Waals surface area contributed by atoms with Crippen molar-refractivity contribution in [3.05, 3.63) is 53.5 Å². The largest absolute Gasteiger partial charge is 0.383 e. The highest BCUT2D eigenvalue weighted by atomic mass is 35.5. The van der Waals surface area contributed by atoms with Crippen LogP contribution in [0.15, 0.2) is 48.4 Å². The molecule has 10 nitrogen and oxygen atoms in total. The van der Waals surface area contributed by atoms with Gasteiger partial charge in [0.15, 0.2) is 0 Å². The first kappa shape index (κ1) is 23.1. The van der Waals surface area contributed by atoms with Gasteiger partial charge in [-0.05, 0) is 36.4 Å². The van der Waals surface area contributed by atoms with Gasteiger partial charge in [0.1, 0.15) is 11.6 Å². The van der Waals surface area contributed by atoms with Crippen molar-refractivity contribution in [2.24, 2.45) is 0 Å². The second kappa shape index (κ2) is 9.84. The van der Waals surface area contributed by atoms with Crippen molar-refractivity contribution < 1.29 is 14.4 Å². The smallest absolute Gasteiger partial charge is 0.323 e. The Labute approximate surface area is 200 Å². The van der Waals surface area contributed by atoms with E-state index in [9.17, 15) is 14.4 Å². The topological polar surface area (TPSA) is 143 Å². The molecule has 11 heteroatoms. The van der Waals surface area contributed by atoms with Gasteiger partial charge in [0, 0.05) is 55.6 Å². The molecule has 0 saturated carbocycles. The van der Waals surface area contributed by atoms with Crippen molar-refractivity contribution in [1.29, 1.82) is 0 Å². The molecule has 0 spiro atoms. The number of fused-ring (bicyclic) bond motifs is 1. The Kier molecular flexibility index (Phi) is 6.69. The summed E-state index contributed by atoms with van der Waals surface area (Å²) in [4.78, 5) is 50.5. The summed E-state index contributed by atoms with van der Waals surface area (Å²) >= 11 is 6.27. The molecule has 0 atom stereocenters. The van der Waals surface area contributed by atoms with Gasteiger partial charge in [-0.2, -0.15) is 0 Å². The molecule has 1 fully saturated rings. The molecule has 4 heterocycles. The fourth-order valence-electron chi connectivity index (χ4n) is 3.53. The summed E-state index contributed by atoms with van der Waals surface area (Å²) < 4.78 is 0. The van der Waals surface area contributed by atoms with Crippen molar-refractivity contribution in [2.75, 3.05) is 24.6 Å². The summed E-state index contributed by atoms with van der Waals surface area (Å²) in [6.07, 6.45) is 7.16. The van der Waals surface area contributed by atoms with Crippen molar-refractivity contribution in [3.8, 4) is 11.3 Å². The lowest BCUT2D eigenvalue weighted by atomic mass is 10.1. The maximum Gasteiger partial charge on any atom is 0.323 e. The van der Waals surface area contributed by atoms with Crippen LogP contribution in [0.4, 0.5) is 16.4 Å². The molecule has 3 aromatic rings. The fraction of sp³-hybridized carbons (Fsp3) is 0.217. The number of nitrogens with zero attached hydrogens (tertiary/aromatic N) is 4. The van der Waals surface area contributed by atoms with E-state index in [2.05, 4.69) is 25.6 Å². The highest BCUT2D eigenvalue weighted by Crippen LogP contribution is 2.30. The number of urea groups is 1. The number of halogens is 1. The van der Waals surface area contributed by atoms with E-state index >= 15 is 0 Å². The average Bonchev–Trinajstić information content (AvgIpc) is 2.85. The minimum Gasteiger partial charge on any atom is -0.383 e. The molecule has 0 aliphatic carbocycles. The van der Waals surface area contributed by atoms with Crippen molar-refractivity contribution in [2.45, 2.75) is 19.3 Å². The number of anilines is 2. The zero-order chi connectivity index (χ0) is 24.2. The molecular weight excluding hydrogens is 458 g/mol. The van der Waals surface area contributed by atoms with Gasteiger partial charge in [-0.15, -0.1) is 0 Å². The number of hydrogen-bond donors (Lipinski definition) is 3. The number of hydrogen-bond acceptors (Lipinski definition) is 7. The van der Waals surface area contributed by atoms with E-state index in [4.69, 9.17) is 17.3 Å². The van der Waals surface area contributed by atoms with Gasteiger partial charge in [0.05, 0.1) is 10.7 Å². The van der Waals surface area contributed by atoms with E-state index in [0.717, 1.165) is 11.0 Å². The lowest BCUT2D eigenvalue weighted by Gasteiger charge is -2.15. The van der Waals surface area contributed by atoms with Crippen LogP contribution in [-0.4, -0.2) is 51.3 Å². The fourth-order valence-corrected chi connectivity index (χ4v) is 3.73. The molecule has 34 heavy (non-hydrogen) atoms. The van der Waals surface area contributed by atoms with Gasteiger partial charge in [-0.3, -0.25) is 19.9 Å². The summed E-state index contributed by atoms with van der Waals surface area (Å²) in [6, 6.07) is 4.71. The molecule has 1 aliphatic heterocycles. The molecule has 1 saturated heterocycles. The van der Waals surface area contributed by atoms with Crippen LogP contribution in [0, 0.1) is 0 Å². The Bertz CT molecular complexity index is 1330. The summed E-state index contributed by atoms with van der Waals surface area (Å²) in [5.74, 6) is -0.149. The van der Waals surface area contributed by atoms with Gasteiger partial charge in [0.25, 0.3) is 0 Å². The number of nitrogen functional groups attached to an aromatic ring is 1. The van der Waals surface area contributed by atoms with E-state index in [1.807, 2.05) is 0 Å². The predicted molar refractivity (Wildman–Crippen MR) is 129 cm³/mol. The molecule has 0 bridgehead atoms. The molecule has 1 aliphatic rings. The Hall–Kier alpha value is -4.05. The van der Waals surface area contributed by atoms with E-state index in [1.165, 1.54) is 11.0 Å². The van der Waals surface area contributed by atoms with Crippen LogP contribution in [0.5, 0.6) is 0 Å². The third-order valence-electron chi connectivity index (χ3n) is 5.41. The minimum absolute atomic E-state index is 0.124. The molecule has 3 aromatic heterocycles. The number of aromatic nitrogens is 3. The number of rotatable bonds is 3. The monoisotopic (exact) mass is 479 g/mol. The van der Waals surface area contributed by atoms with Crippen molar-refractivity contribution >= 4 is 51.9 Å². The Balaban J connectivity index is 1.56. The van der Waals surface area contributed by atoms with Gasteiger partial charge in [-0.1, -0.05) is 17.2 Å². The lowest BCUT2D eigenvalue weighted by molar-refractivity contribution is -0.120. The molecule has 0 radical (unpaired) electrons. The highest BCUT2D eigenvalue weighted by molar-refractivity contribution is 6.33. The van der Waals surface area contributed by atoms with E-state index in [0.29, 0.717) is 46.9 Å². The first-order chi connectivity index (χ1) is 16.3. The summed E-state index contributed by atoms with van der Waals surface area (Å²) in [5.41, 5.74) is 8.07. The predicted octanol–water partition coefficient (Wildman–Crippen LogP) is 3.14. The molecule has 4 rings (SSSR count). The maximum absolute atomic E-state index is 12.7. The van der Waals surface area contributed by atoms with Crippen LogP contribution in [0.1, 0.15) is 19.3 Å². The van der Waals surface area contributed by atoms with Gasteiger partial charge in [0.2, 0.25) is 11.8 Å². The first-order valence-corrected chi connectivity index (χ1v) is 10.9. The van der Waals surface area contributed by atoms with Crippen LogP contribution in [0.25, 0.3) is 22.0 Å². The van der Waals surface area contributed by atoms with Crippen LogP contribution in [0.2, 0.25) is 5.02 Å². The number of amides is 4. The van der Waals surface area contributed by atoms with Crippen molar-refractivity contribution in [1.82, 2.24) is 25.2 Å². The first-order valence-electron chi connectivity index (χ1n) is 10.5. The second-order valence-corrected chi connectivity index (χ2v) is 8.26. The second-order valence-electron chi connectivity index (χ2n) is 7.86. The van der Waals surface area contributed by atoms with Crippen LogP contribution >= 0.6 is 11.6 Å². The average molecular weight is 480 g/mol. The molecule has 4 N–H and O–H groups in total. The lowest BCUT2D eigenvalue weighted by Crippen LogP contribution is -2.40. The number of carbonyl (C=O) groups is 3. The molecule has 174 valence electrons. The number of nitrogens with one attached hydrogen (secondary N) is 2. The SMILES string of the molecule is CN1CC/C(=C/C(=O)Nc2cc3cc(-c4cnccc4Cl)nc(N)c3cn2)CCC(=O)NC1=O. The van der Waals surface area contributed by atoms with E-state index < -0.39 is 6.03 Å². The molecule has 4 amide bonds. The van der Waals surface area contributed by atoms with Crippen LogP contribution in [0.3, 0.4) is 0 Å². The number of imide groups is 1. The Morgan fingerprint density at radius 1 is 1.24 bits per heavy atom. The summed E-state index contributed by atoms with van der Waals surface area (Å²) in [5, 5.41) is 6.90. The molecule has 0 aromatic carbocycles. The van der Waals surface area contributed by atoms with Crippen LogP contribution in [-0.2, 0) is 9.59 Å². The summed E-state index contributed by atoms with van der Waals surface area (Å²) in [7, 11) is 1.60. The van der Waals surface area contributed by atoms with Crippen LogP contribution < -0.4 is 16.4 Å². The molecule has 0 unspecified atom stereocenters.